The normalized spacial score (nSPS) is 22.6. The van der Waals surface area contributed by atoms with Gasteiger partial charge in [-0.1, -0.05) is 0 Å². The number of carbonyl (C=O) groups excluding carboxylic acids is 1. The van der Waals surface area contributed by atoms with Crippen molar-refractivity contribution in [3.8, 4) is 0 Å². The molecule has 0 bridgehead atoms. The van der Waals surface area contributed by atoms with E-state index in [1.165, 1.54) is 14.2 Å². The van der Waals surface area contributed by atoms with E-state index in [-0.39, 0.29) is 24.5 Å². The molecule has 0 radical (unpaired) electrons. The van der Waals surface area contributed by atoms with Crippen LogP contribution in [0.15, 0.2) is 0 Å². The summed E-state index contributed by atoms with van der Waals surface area (Å²) in [7, 11) is -4.44. The molecule has 1 fully saturated rings. The Morgan fingerprint density at radius 3 is 2.65 bits per heavy atom. The summed E-state index contributed by atoms with van der Waals surface area (Å²) in [5.74, 6) is -0.590. The van der Waals surface area contributed by atoms with Crippen molar-refractivity contribution in [3.63, 3.8) is 0 Å². The molecule has 20 heavy (non-hydrogen) atoms. The number of methoxy groups -OCH3 is 1. The van der Waals surface area contributed by atoms with E-state index in [0.29, 0.717) is 12.8 Å². The zero-order valence-electron chi connectivity index (χ0n) is 11.5. The lowest BCUT2D eigenvalue weighted by molar-refractivity contribution is -0.140. The lowest BCUT2D eigenvalue weighted by Gasteiger charge is -2.25. The van der Waals surface area contributed by atoms with E-state index in [4.69, 9.17) is 0 Å². The highest BCUT2D eigenvalue weighted by Gasteiger charge is 2.29. The van der Waals surface area contributed by atoms with Crippen molar-refractivity contribution < 1.29 is 26.4 Å². The van der Waals surface area contributed by atoms with Gasteiger partial charge in [0.25, 0.3) is 10.2 Å². The van der Waals surface area contributed by atoms with Gasteiger partial charge in [0, 0.05) is 19.6 Å². The molecule has 1 rings (SSSR count). The minimum atomic E-state index is -3.80. The van der Waals surface area contributed by atoms with E-state index in [1.54, 1.807) is 0 Å². The molecule has 1 aliphatic rings. The summed E-state index contributed by atoms with van der Waals surface area (Å²) >= 11 is 0. The first-order valence-electron chi connectivity index (χ1n) is 6.17. The number of hydrogen-bond acceptors (Lipinski definition) is 6. The molecule has 0 spiro atoms. The van der Waals surface area contributed by atoms with Crippen LogP contribution in [0.4, 0.5) is 0 Å². The van der Waals surface area contributed by atoms with Crippen molar-refractivity contribution in [3.05, 3.63) is 0 Å². The first kappa shape index (κ1) is 17.3. The van der Waals surface area contributed by atoms with Gasteiger partial charge in [-0.05, 0) is 12.8 Å². The maximum absolute atomic E-state index is 12.0. The number of sulfone groups is 1. The Hall–Kier alpha value is -0.710. The molecule has 1 saturated heterocycles. The number of nitrogens with one attached hydrogen (secondary N) is 1. The maximum atomic E-state index is 12.0. The summed E-state index contributed by atoms with van der Waals surface area (Å²) < 4.78 is 54.6. The van der Waals surface area contributed by atoms with Gasteiger partial charge in [-0.25, -0.2) is 8.42 Å². The molecular formula is C10H20N2O6S2. The zero-order valence-corrected chi connectivity index (χ0v) is 13.2. The second-order valence-corrected chi connectivity index (χ2v) is 8.76. The van der Waals surface area contributed by atoms with Crippen LogP contribution in [0.2, 0.25) is 0 Å². The molecule has 1 N–H and O–H groups in total. The maximum Gasteiger partial charge on any atom is 0.306 e. The summed E-state index contributed by atoms with van der Waals surface area (Å²) in [6.45, 7) is -0.0263. The average molecular weight is 328 g/mol. The molecular weight excluding hydrogens is 308 g/mol. The summed E-state index contributed by atoms with van der Waals surface area (Å²) in [5, 5.41) is 0. The lowest BCUT2D eigenvalue weighted by atomic mass is 10.2. The Labute approximate surface area is 119 Å². The van der Waals surface area contributed by atoms with Gasteiger partial charge >= 0.3 is 5.97 Å². The first-order valence-corrected chi connectivity index (χ1v) is 9.43. The molecule has 0 aromatic rings. The molecule has 10 heteroatoms. The highest BCUT2D eigenvalue weighted by Crippen LogP contribution is 2.13. The molecule has 1 heterocycles. The summed E-state index contributed by atoms with van der Waals surface area (Å²) in [6, 6.07) is -0.612. The lowest BCUT2D eigenvalue weighted by Crippen LogP contribution is -2.48. The third-order valence-electron chi connectivity index (χ3n) is 3.05. The molecule has 0 aromatic heterocycles. The van der Waals surface area contributed by atoms with Crippen LogP contribution < -0.4 is 4.72 Å². The number of esters is 1. The zero-order chi connectivity index (χ0) is 15.4. The average Bonchev–Trinajstić information content (AvgIpc) is 2.33. The van der Waals surface area contributed by atoms with Crippen molar-refractivity contribution in [2.24, 2.45) is 0 Å². The van der Waals surface area contributed by atoms with Gasteiger partial charge in [0.1, 0.15) is 0 Å². The van der Waals surface area contributed by atoms with E-state index < -0.39 is 32.1 Å². The van der Waals surface area contributed by atoms with Gasteiger partial charge in [0.15, 0.2) is 9.84 Å². The van der Waals surface area contributed by atoms with Crippen LogP contribution in [0.25, 0.3) is 0 Å². The van der Waals surface area contributed by atoms with Crippen LogP contribution in [-0.2, 0) is 29.6 Å². The Balaban J connectivity index is 2.58. The van der Waals surface area contributed by atoms with E-state index in [2.05, 4.69) is 9.46 Å². The van der Waals surface area contributed by atoms with Crippen molar-refractivity contribution in [1.29, 1.82) is 0 Å². The van der Waals surface area contributed by atoms with Crippen molar-refractivity contribution in [2.45, 2.75) is 25.3 Å². The molecule has 0 aromatic carbocycles. The van der Waals surface area contributed by atoms with Crippen LogP contribution in [-0.4, -0.2) is 65.4 Å². The van der Waals surface area contributed by atoms with E-state index in [9.17, 15) is 21.6 Å². The monoisotopic (exact) mass is 328 g/mol. The summed E-state index contributed by atoms with van der Waals surface area (Å²) in [6.07, 6.45) is 0.877. The van der Waals surface area contributed by atoms with Crippen molar-refractivity contribution >= 4 is 26.0 Å². The minimum absolute atomic E-state index is 0.0263. The van der Waals surface area contributed by atoms with Gasteiger partial charge < -0.3 is 4.74 Å². The summed E-state index contributed by atoms with van der Waals surface area (Å²) in [5.41, 5.74) is 0. The molecule has 0 saturated carbocycles. The Morgan fingerprint density at radius 1 is 1.45 bits per heavy atom. The van der Waals surface area contributed by atoms with E-state index >= 15 is 0 Å². The Bertz CT molecular complexity index is 542. The van der Waals surface area contributed by atoms with Gasteiger partial charge in [-0.2, -0.15) is 17.4 Å². The number of rotatable bonds is 6. The van der Waals surface area contributed by atoms with Crippen molar-refractivity contribution in [2.75, 3.05) is 32.2 Å². The largest absolute Gasteiger partial charge is 0.469 e. The number of nitrogens with zero attached hydrogens (tertiary/aromatic N) is 1. The van der Waals surface area contributed by atoms with Gasteiger partial charge in [-0.3, -0.25) is 4.79 Å². The first-order chi connectivity index (χ1) is 9.16. The van der Waals surface area contributed by atoms with Crippen LogP contribution >= 0.6 is 0 Å². The molecule has 1 atom stereocenters. The van der Waals surface area contributed by atoms with Crippen LogP contribution in [0.1, 0.15) is 19.3 Å². The minimum Gasteiger partial charge on any atom is -0.469 e. The number of hydrogen-bond donors (Lipinski definition) is 1. The Morgan fingerprint density at radius 2 is 2.10 bits per heavy atom. The quantitative estimate of drug-likeness (QED) is 0.619. The number of ether oxygens (including phenoxy) is 1. The predicted molar refractivity (Wildman–Crippen MR) is 73.0 cm³/mol. The fraction of sp³-hybridized carbons (Fsp3) is 0.900. The standard InChI is InChI=1S/C10H20N2O6S2/c1-12(6-5-10(13)18-2)20(16,17)11-9-4-3-7-19(14,15)8-9/h9,11H,3-8H2,1-2H3. The fourth-order valence-corrected chi connectivity index (χ4v) is 4.76. The molecule has 8 nitrogen and oxygen atoms in total. The van der Waals surface area contributed by atoms with Gasteiger partial charge in [0.05, 0.1) is 25.0 Å². The van der Waals surface area contributed by atoms with Gasteiger partial charge in [0.2, 0.25) is 0 Å². The second kappa shape index (κ2) is 6.83. The molecule has 118 valence electrons. The predicted octanol–water partition coefficient (Wildman–Crippen LogP) is -1.11. The van der Waals surface area contributed by atoms with Crippen LogP contribution in [0, 0.1) is 0 Å². The molecule has 0 amide bonds. The van der Waals surface area contributed by atoms with Crippen molar-refractivity contribution in [1.82, 2.24) is 9.03 Å². The Kier molecular flexibility index (Phi) is 5.92. The highest BCUT2D eigenvalue weighted by molar-refractivity contribution is 7.91. The fourth-order valence-electron chi connectivity index (χ4n) is 1.89. The smallest absolute Gasteiger partial charge is 0.306 e. The summed E-state index contributed by atoms with van der Waals surface area (Å²) in [4.78, 5) is 11.0. The third-order valence-corrected chi connectivity index (χ3v) is 6.50. The highest BCUT2D eigenvalue weighted by atomic mass is 32.2. The topological polar surface area (TPSA) is 110 Å². The van der Waals surface area contributed by atoms with E-state index in [0.717, 1.165) is 4.31 Å². The number of carbonyl (C=O) groups is 1. The second-order valence-electron chi connectivity index (χ2n) is 4.72. The van der Waals surface area contributed by atoms with Crippen LogP contribution in [0.5, 0.6) is 0 Å². The molecule has 0 aliphatic carbocycles. The van der Waals surface area contributed by atoms with Crippen LogP contribution in [0.3, 0.4) is 0 Å². The third kappa shape index (κ3) is 5.35. The molecule has 1 unspecified atom stereocenters. The van der Waals surface area contributed by atoms with E-state index in [1.807, 2.05) is 0 Å². The van der Waals surface area contributed by atoms with Gasteiger partial charge in [-0.15, -0.1) is 0 Å². The molecule has 1 aliphatic heterocycles. The SMILES string of the molecule is COC(=O)CCN(C)S(=O)(=O)NC1CCCS(=O)(=O)C1.